The highest BCUT2D eigenvalue weighted by Gasteiger charge is 2.08. The molecule has 94 valence electrons. The maximum Gasteiger partial charge on any atom is 0.303 e. The van der Waals surface area contributed by atoms with Crippen LogP contribution in [0.4, 0.5) is 0 Å². The summed E-state index contributed by atoms with van der Waals surface area (Å²) in [6, 6.07) is 7.16. The third-order valence-electron chi connectivity index (χ3n) is 2.87. The van der Waals surface area contributed by atoms with E-state index in [0.29, 0.717) is 29.6 Å². The van der Waals surface area contributed by atoms with Crippen molar-refractivity contribution >= 4 is 16.9 Å². The summed E-state index contributed by atoms with van der Waals surface area (Å²) in [7, 11) is 1.66. The van der Waals surface area contributed by atoms with Crippen LogP contribution in [-0.2, 0) is 18.3 Å². The molecule has 18 heavy (non-hydrogen) atoms. The summed E-state index contributed by atoms with van der Waals surface area (Å²) < 4.78 is 1.49. The number of benzene rings is 1. The van der Waals surface area contributed by atoms with E-state index in [-0.39, 0.29) is 12.0 Å². The molecule has 1 aromatic heterocycles. The van der Waals surface area contributed by atoms with Crippen LogP contribution in [0.2, 0.25) is 0 Å². The first-order valence-corrected chi connectivity index (χ1v) is 5.76. The van der Waals surface area contributed by atoms with E-state index in [1.807, 2.05) is 6.07 Å². The quantitative estimate of drug-likeness (QED) is 0.883. The van der Waals surface area contributed by atoms with E-state index >= 15 is 0 Å². The molecule has 1 heterocycles. The highest BCUT2D eigenvalue weighted by Crippen LogP contribution is 2.08. The lowest BCUT2D eigenvalue weighted by Gasteiger charge is -2.08. The Kier molecular flexibility index (Phi) is 3.41. The molecule has 0 saturated carbocycles. The number of carbonyl (C=O) groups is 1. The molecule has 0 saturated heterocycles. The Hall–Kier alpha value is -2.17. The topological polar surface area (TPSA) is 72.2 Å². The van der Waals surface area contributed by atoms with E-state index in [2.05, 4.69) is 4.98 Å². The molecule has 1 N–H and O–H groups in total. The van der Waals surface area contributed by atoms with Crippen molar-refractivity contribution in [2.45, 2.75) is 19.3 Å². The van der Waals surface area contributed by atoms with Gasteiger partial charge in [-0.3, -0.25) is 14.2 Å². The molecule has 0 atom stereocenters. The van der Waals surface area contributed by atoms with Crippen molar-refractivity contribution in [2.24, 2.45) is 7.05 Å². The summed E-state index contributed by atoms with van der Waals surface area (Å²) in [6.45, 7) is 0. The summed E-state index contributed by atoms with van der Waals surface area (Å²) >= 11 is 0. The summed E-state index contributed by atoms with van der Waals surface area (Å²) in [5.74, 6) is -0.208. The SMILES string of the molecule is Cn1c(CCCC(=O)O)nc2ccccc2c1=O. The van der Waals surface area contributed by atoms with Crippen LogP contribution < -0.4 is 5.56 Å². The number of carboxylic acids is 1. The molecule has 0 aliphatic carbocycles. The zero-order chi connectivity index (χ0) is 13.1. The molecule has 0 aliphatic heterocycles. The molecule has 0 bridgehead atoms. The molecule has 2 aromatic rings. The van der Waals surface area contributed by atoms with Crippen LogP contribution in [-0.4, -0.2) is 20.6 Å². The van der Waals surface area contributed by atoms with Crippen molar-refractivity contribution in [2.75, 3.05) is 0 Å². The van der Waals surface area contributed by atoms with E-state index in [1.165, 1.54) is 4.57 Å². The molecule has 0 unspecified atom stereocenters. The van der Waals surface area contributed by atoms with Crippen LogP contribution >= 0.6 is 0 Å². The lowest BCUT2D eigenvalue weighted by Crippen LogP contribution is -2.22. The predicted octanol–water partition coefficient (Wildman–Crippen LogP) is 1.34. The highest BCUT2D eigenvalue weighted by atomic mass is 16.4. The van der Waals surface area contributed by atoms with Gasteiger partial charge in [0.25, 0.3) is 5.56 Å². The molecule has 0 spiro atoms. The van der Waals surface area contributed by atoms with Crippen molar-refractivity contribution in [3.05, 3.63) is 40.4 Å². The normalized spacial score (nSPS) is 10.7. The smallest absolute Gasteiger partial charge is 0.303 e. The first kappa shape index (κ1) is 12.3. The Morgan fingerprint density at radius 1 is 1.39 bits per heavy atom. The van der Waals surface area contributed by atoms with E-state index < -0.39 is 5.97 Å². The Balaban J connectivity index is 2.36. The third-order valence-corrected chi connectivity index (χ3v) is 2.87. The average molecular weight is 246 g/mol. The number of rotatable bonds is 4. The highest BCUT2D eigenvalue weighted by molar-refractivity contribution is 5.77. The summed E-state index contributed by atoms with van der Waals surface area (Å²) in [6.07, 6.45) is 1.06. The van der Waals surface area contributed by atoms with Gasteiger partial charge in [-0.2, -0.15) is 0 Å². The van der Waals surface area contributed by atoms with E-state index in [0.717, 1.165) is 0 Å². The summed E-state index contributed by atoms with van der Waals surface area (Å²) in [5, 5.41) is 9.18. The van der Waals surface area contributed by atoms with Crippen LogP contribution in [0.25, 0.3) is 10.9 Å². The average Bonchev–Trinajstić information content (AvgIpc) is 2.35. The molecular weight excluding hydrogens is 232 g/mol. The van der Waals surface area contributed by atoms with Gasteiger partial charge in [-0.1, -0.05) is 12.1 Å². The van der Waals surface area contributed by atoms with Crippen LogP contribution in [0.15, 0.2) is 29.1 Å². The molecule has 5 heteroatoms. The largest absolute Gasteiger partial charge is 0.481 e. The number of aliphatic carboxylic acids is 1. The van der Waals surface area contributed by atoms with Crippen molar-refractivity contribution in [1.82, 2.24) is 9.55 Å². The van der Waals surface area contributed by atoms with Crippen LogP contribution in [0.1, 0.15) is 18.7 Å². The molecule has 0 radical (unpaired) electrons. The van der Waals surface area contributed by atoms with E-state index in [4.69, 9.17) is 5.11 Å². The minimum Gasteiger partial charge on any atom is -0.481 e. The zero-order valence-corrected chi connectivity index (χ0v) is 10.1. The summed E-state index contributed by atoms with van der Waals surface area (Å²) in [4.78, 5) is 26.9. The van der Waals surface area contributed by atoms with Gasteiger partial charge in [0.1, 0.15) is 5.82 Å². The standard InChI is InChI=1S/C13H14N2O3/c1-15-11(7-4-8-12(16)17)14-10-6-3-2-5-9(10)13(15)18/h2-3,5-6H,4,7-8H2,1H3,(H,16,17). The van der Waals surface area contributed by atoms with Gasteiger partial charge in [0.2, 0.25) is 0 Å². The maximum atomic E-state index is 12.1. The second-order valence-electron chi connectivity index (χ2n) is 4.16. The monoisotopic (exact) mass is 246 g/mol. The van der Waals surface area contributed by atoms with Crippen molar-refractivity contribution in [1.29, 1.82) is 0 Å². The van der Waals surface area contributed by atoms with Crippen LogP contribution in [0.3, 0.4) is 0 Å². The number of carboxylic acid groups (broad SMARTS) is 1. The maximum absolute atomic E-state index is 12.1. The lowest BCUT2D eigenvalue weighted by molar-refractivity contribution is -0.137. The fourth-order valence-corrected chi connectivity index (χ4v) is 1.89. The molecule has 0 aliphatic rings. The van der Waals surface area contributed by atoms with Crippen molar-refractivity contribution < 1.29 is 9.90 Å². The number of aromatic nitrogens is 2. The molecule has 1 aromatic carbocycles. The van der Waals surface area contributed by atoms with Gasteiger partial charge in [-0.05, 0) is 18.6 Å². The Bertz CT molecular complexity index is 646. The van der Waals surface area contributed by atoms with Crippen LogP contribution in [0.5, 0.6) is 0 Å². The molecule has 0 amide bonds. The number of fused-ring (bicyclic) bond motifs is 1. The molecule has 5 nitrogen and oxygen atoms in total. The van der Waals surface area contributed by atoms with Gasteiger partial charge in [0.05, 0.1) is 10.9 Å². The van der Waals surface area contributed by atoms with E-state index in [1.54, 1.807) is 25.2 Å². The minimum absolute atomic E-state index is 0.0860. The first-order chi connectivity index (χ1) is 8.59. The second-order valence-corrected chi connectivity index (χ2v) is 4.16. The second kappa shape index (κ2) is 5.00. The number of hydrogen-bond acceptors (Lipinski definition) is 3. The Morgan fingerprint density at radius 3 is 2.83 bits per heavy atom. The van der Waals surface area contributed by atoms with Gasteiger partial charge < -0.3 is 5.11 Å². The lowest BCUT2D eigenvalue weighted by atomic mass is 10.2. The third kappa shape index (κ3) is 2.40. The zero-order valence-electron chi connectivity index (χ0n) is 10.1. The molecule has 2 rings (SSSR count). The Labute approximate surface area is 104 Å². The number of nitrogens with zero attached hydrogens (tertiary/aromatic N) is 2. The minimum atomic E-state index is -0.833. The number of aryl methyl sites for hydroxylation is 1. The number of hydrogen-bond donors (Lipinski definition) is 1. The van der Waals surface area contributed by atoms with Gasteiger partial charge in [-0.15, -0.1) is 0 Å². The first-order valence-electron chi connectivity index (χ1n) is 5.76. The van der Waals surface area contributed by atoms with Crippen molar-refractivity contribution in [3.63, 3.8) is 0 Å². The summed E-state index contributed by atoms with van der Waals surface area (Å²) in [5.41, 5.74) is 0.567. The fourth-order valence-electron chi connectivity index (χ4n) is 1.89. The molecular formula is C13H14N2O3. The van der Waals surface area contributed by atoms with Gasteiger partial charge in [0, 0.05) is 19.9 Å². The van der Waals surface area contributed by atoms with Gasteiger partial charge >= 0.3 is 5.97 Å². The van der Waals surface area contributed by atoms with Gasteiger partial charge in [-0.25, -0.2) is 4.98 Å². The van der Waals surface area contributed by atoms with E-state index in [9.17, 15) is 9.59 Å². The number of para-hydroxylation sites is 1. The fraction of sp³-hybridized carbons (Fsp3) is 0.308. The Morgan fingerprint density at radius 2 is 2.11 bits per heavy atom. The van der Waals surface area contributed by atoms with Crippen LogP contribution in [0, 0.1) is 0 Å². The van der Waals surface area contributed by atoms with Gasteiger partial charge in [0.15, 0.2) is 0 Å². The molecule has 0 fully saturated rings. The van der Waals surface area contributed by atoms with Crippen molar-refractivity contribution in [3.8, 4) is 0 Å². The predicted molar refractivity (Wildman–Crippen MR) is 67.6 cm³/mol.